The van der Waals surface area contributed by atoms with Crippen LogP contribution in [0.1, 0.15) is 10.6 Å². The average Bonchev–Trinajstić information content (AvgIpc) is 2.84. The van der Waals surface area contributed by atoms with Gasteiger partial charge in [0.05, 0.1) is 10.7 Å². The van der Waals surface area contributed by atoms with E-state index in [9.17, 15) is 14.9 Å². The zero-order valence-electron chi connectivity index (χ0n) is 11.3. The second kappa shape index (κ2) is 6.64. The van der Waals surface area contributed by atoms with Gasteiger partial charge >= 0.3 is 0 Å². The van der Waals surface area contributed by atoms with Crippen molar-refractivity contribution in [3.8, 4) is 0 Å². The number of nitrogens with one attached hydrogen (secondary N) is 1. The minimum atomic E-state index is -0.468. The van der Waals surface area contributed by atoms with Crippen molar-refractivity contribution < 1.29 is 9.72 Å². The molecule has 1 aromatic heterocycles. The third-order valence-electron chi connectivity index (χ3n) is 2.52. The van der Waals surface area contributed by atoms with Crippen molar-refractivity contribution >= 4 is 40.4 Å². The average molecular weight is 324 g/mol. The summed E-state index contributed by atoms with van der Waals surface area (Å²) in [5.74, 6) is -0.0675. The smallest absolute Gasteiger partial charge is 0.274 e. The molecular formula is C12H12N4O3S2. The fourth-order valence-corrected chi connectivity index (χ4v) is 3.16. The molecule has 0 spiro atoms. The van der Waals surface area contributed by atoms with E-state index in [1.165, 1.54) is 29.2 Å². The highest BCUT2D eigenvalue weighted by Crippen LogP contribution is 2.24. The number of benzene rings is 1. The molecule has 1 heterocycles. The predicted molar refractivity (Wildman–Crippen MR) is 81.8 cm³/mol. The summed E-state index contributed by atoms with van der Waals surface area (Å²) in [6, 6.07) is 4.60. The van der Waals surface area contributed by atoms with Crippen LogP contribution < -0.4 is 5.32 Å². The number of aryl methyl sites for hydroxylation is 2. The zero-order chi connectivity index (χ0) is 15.4. The molecule has 9 heteroatoms. The van der Waals surface area contributed by atoms with Crippen LogP contribution in [0.25, 0.3) is 0 Å². The Morgan fingerprint density at radius 2 is 2.19 bits per heavy atom. The molecule has 110 valence electrons. The Kier molecular flexibility index (Phi) is 4.86. The quantitative estimate of drug-likeness (QED) is 0.516. The van der Waals surface area contributed by atoms with Gasteiger partial charge in [-0.2, -0.15) is 0 Å². The van der Waals surface area contributed by atoms with Crippen LogP contribution in [0.4, 0.5) is 11.4 Å². The minimum Gasteiger partial charge on any atom is -0.325 e. The zero-order valence-corrected chi connectivity index (χ0v) is 13.0. The summed E-state index contributed by atoms with van der Waals surface area (Å²) in [5.41, 5.74) is 0.947. The standard InChI is InChI=1S/C12H12N4O3S2/c1-7-3-4-9(5-10(7)16(18)19)13-11(17)6-20-12-15-14-8(2)21-12/h3-5H,6H2,1-2H3,(H,13,17). The van der Waals surface area contributed by atoms with E-state index < -0.39 is 4.92 Å². The first kappa shape index (κ1) is 15.4. The first-order valence-corrected chi connectivity index (χ1v) is 7.73. The van der Waals surface area contributed by atoms with Crippen molar-refractivity contribution in [2.45, 2.75) is 18.2 Å². The molecule has 0 bridgehead atoms. The second-order valence-electron chi connectivity index (χ2n) is 4.18. The van der Waals surface area contributed by atoms with Crippen LogP contribution in [0.2, 0.25) is 0 Å². The van der Waals surface area contributed by atoms with Crippen molar-refractivity contribution in [1.29, 1.82) is 0 Å². The number of carbonyl (C=O) groups is 1. The van der Waals surface area contributed by atoms with Gasteiger partial charge in [0.15, 0.2) is 4.34 Å². The summed E-state index contributed by atoms with van der Waals surface area (Å²) in [6.45, 7) is 3.49. The van der Waals surface area contributed by atoms with Crippen LogP contribution in [-0.2, 0) is 4.79 Å². The third kappa shape index (κ3) is 4.23. The van der Waals surface area contributed by atoms with Crippen LogP contribution in [0.3, 0.4) is 0 Å². The maximum Gasteiger partial charge on any atom is 0.274 e. The lowest BCUT2D eigenvalue weighted by Gasteiger charge is -2.05. The van der Waals surface area contributed by atoms with Crippen molar-refractivity contribution in [2.24, 2.45) is 0 Å². The summed E-state index contributed by atoms with van der Waals surface area (Å²) in [5, 5.41) is 22.1. The van der Waals surface area contributed by atoms with Gasteiger partial charge in [0.25, 0.3) is 5.69 Å². The van der Waals surface area contributed by atoms with Crippen molar-refractivity contribution in [1.82, 2.24) is 10.2 Å². The Morgan fingerprint density at radius 1 is 1.43 bits per heavy atom. The number of aromatic nitrogens is 2. The molecule has 0 unspecified atom stereocenters. The van der Waals surface area contributed by atoms with E-state index in [0.717, 1.165) is 9.35 Å². The molecule has 1 amide bonds. The number of hydrogen-bond acceptors (Lipinski definition) is 7. The van der Waals surface area contributed by atoms with Gasteiger partial charge in [0.1, 0.15) is 5.01 Å². The summed E-state index contributed by atoms with van der Waals surface area (Å²) in [4.78, 5) is 22.2. The fourth-order valence-electron chi connectivity index (χ4n) is 1.54. The van der Waals surface area contributed by atoms with Crippen LogP contribution in [0.5, 0.6) is 0 Å². The molecule has 1 aromatic carbocycles. The summed E-state index contributed by atoms with van der Waals surface area (Å²) < 4.78 is 0.720. The van der Waals surface area contributed by atoms with Gasteiger partial charge in [-0.3, -0.25) is 14.9 Å². The lowest BCUT2D eigenvalue weighted by atomic mass is 10.2. The van der Waals surface area contributed by atoms with E-state index in [1.54, 1.807) is 19.1 Å². The van der Waals surface area contributed by atoms with E-state index in [2.05, 4.69) is 15.5 Å². The molecule has 2 rings (SSSR count). The molecule has 0 aliphatic carbocycles. The largest absolute Gasteiger partial charge is 0.325 e. The number of carbonyl (C=O) groups excluding carboxylic acids is 1. The molecule has 1 N–H and O–H groups in total. The number of nitro groups is 1. The van der Waals surface area contributed by atoms with Crippen molar-refractivity contribution in [3.05, 3.63) is 38.9 Å². The molecule has 2 aromatic rings. The highest BCUT2D eigenvalue weighted by molar-refractivity contribution is 8.01. The second-order valence-corrected chi connectivity index (χ2v) is 6.59. The molecule has 0 saturated carbocycles. The Balaban J connectivity index is 1.96. The van der Waals surface area contributed by atoms with Gasteiger partial charge in [-0.25, -0.2) is 0 Å². The molecule has 0 fully saturated rings. The van der Waals surface area contributed by atoms with Crippen LogP contribution in [-0.4, -0.2) is 26.8 Å². The van der Waals surface area contributed by atoms with Crippen molar-refractivity contribution in [2.75, 3.05) is 11.1 Å². The first-order valence-electron chi connectivity index (χ1n) is 5.93. The Hall–Kier alpha value is -2.00. The SMILES string of the molecule is Cc1nnc(SCC(=O)Nc2ccc(C)c([N+](=O)[O-])c2)s1. The van der Waals surface area contributed by atoms with E-state index >= 15 is 0 Å². The molecule has 21 heavy (non-hydrogen) atoms. The summed E-state index contributed by atoms with van der Waals surface area (Å²) >= 11 is 2.70. The topological polar surface area (TPSA) is 98.0 Å². The van der Waals surface area contributed by atoms with Gasteiger partial charge in [-0.05, 0) is 19.9 Å². The van der Waals surface area contributed by atoms with Gasteiger partial charge in [0.2, 0.25) is 5.91 Å². The number of hydrogen-bond donors (Lipinski definition) is 1. The Bertz CT molecular complexity index is 687. The molecule has 0 aliphatic heterocycles. The number of nitrogens with zero attached hydrogens (tertiary/aromatic N) is 3. The van der Waals surface area contributed by atoms with E-state index in [1.807, 2.05) is 6.92 Å². The van der Waals surface area contributed by atoms with Gasteiger partial charge in [-0.1, -0.05) is 29.2 Å². The first-order chi connectivity index (χ1) is 9.95. The number of rotatable bonds is 5. The lowest BCUT2D eigenvalue weighted by Crippen LogP contribution is -2.14. The third-order valence-corrected chi connectivity index (χ3v) is 4.50. The minimum absolute atomic E-state index is 0.0137. The van der Waals surface area contributed by atoms with Crippen molar-refractivity contribution in [3.63, 3.8) is 0 Å². The Morgan fingerprint density at radius 3 is 2.81 bits per heavy atom. The Labute approximate surface area is 128 Å². The summed E-state index contributed by atoms with van der Waals surface area (Å²) in [7, 11) is 0. The highest BCUT2D eigenvalue weighted by Gasteiger charge is 2.13. The maximum atomic E-state index is 11.8. The van der Waals surface area contributed by atoms with E-state index in [-0.39, 0.29) is 17.3 Å². The predicted octanol–water partition coefficient (Wildman–Crippen LogP) is 2.79. The lowest BCUT2D eigenvalue weighted by molar-refractivity contribution is -0.385. The molecular weight excluding hydrogens is 312 g/mol. The van der Waals surface area contributed by atoms with Gasteiger partial charge in [0, 0.05) is 17.3 Å². The van der Waals surface area contributed by atoms with Crippen LogP contribution >= 0.6 is 23.1 Å². The number of nitro benzene ring substituents is 1. The highest BCUT2D eigenvalue weighted by atomic mass is 32.2. The fraction of sp³-hybridized carbons (Fsp3) is 0.250. The molecule has 0 atom stereocenters. The molecule has 0 saturated heterocycles. The number of anilines is 1. The van der Waals surface area contributed by atoms with Gasteiger partial charge < -0.3 is 5.32 Å². The van der Waals surface area contributed by atoms with Gasteiger partial charge in [-0.15, -0.1) is 10.2 Å². The number of thioether (sulfide) groups is 1. The maximum absolute atomic E-state index is 11.8. The summed E-state index contributed by atoms with van der Waals surface area (Å²) in [6.07, 6.45) is 0. The van der Waals surface area contributed by atoms with E-state index in [4.69, 9.17) is 0 Å². The normalized spacial score (nSPS) is 10.4. The molecule has 7 nitrogen and oxygen atoms in total. The molecule has 0 radical (unpaired) electrons. The molecule has 0 aliphatic rings. The van der Waals surface area contributed by atoms with Crippen LogP contribution in [0.15, 0.2) is 22.5 Å². The van der Waals surface area contributed by atoms with Crippen LogP contribution in [0, 0.1) is 24.0 Å². The van der Waals surface area contributed by atoms with E-state index in [0.29, 0.717) is 11.3 Å². The number of amides is 1. The monoisotopic (exact) mass is 324 g/mol.